The predicted molar refractivity (Wildman–Crippen MR) is 88.6 cm³/mol. The number of hydrogen-bond acceptors (Lipinski definition) is 6. The molecule has 2 fully saturated rings. The van der Waals surface area contributed by atoms with Crippen molar-refractivity contribution in [2.24, 2.45) is 5.92 Å². The number of piperidine rings is 1. The minimum absolute atomic E-state index is 0.0322. The topological polar surface area (TPSA) is 79.6 Å². The lowest BCUT2D eigenvalue weighted by atomic mass is 9.87. The van der Waals surface area contributed by atoms with E-state index >= 15 is 0 Å². The molecule has 130 valence electrons. The van der Waals surface area contributed by atoms with Crippen LogP contribution in [0.25, 0.3) is 0 Å². The maximum absolute atomic E-state index is 13.0. The number of hydrogen-bond donors (Lipinski definition) is 2. The third kappa shape index (κ3) is 2.51. The minimum atomic E-state index is -0.403. The van der Waals surface area contributed by atoms with Gasteiger partial charge in [0.1, 0.15) is 5.75 Å². The molecule has 0 radical (unpaired) electrons. The number of carbonyl (C=O) groups excluding carboxylic acids is 1. The van der Waals surface area contributed by atoms with Gasteiger partial charge in [-0.2, -0.15) is 0 Å². The molecule has 0 spiro atoms. The molecule has 3 aliphatic rings. The first kappa shape index (κ1) is 14.9. The minimum Gasteiger partial charge on any atom is -0.480 e. The smallest absolute Gasteiger partial charge is 0.264 e. The first-order chi connectivity index (χ1) is 12.3. The van der Waals surface area contributed by atoms with Gasteiger partial charge < -0.3 is 14.2 Å². The molecule has 25 heavy (non-hydrogen) atoms. The maximum Gasteiger partial charge on any atom is 0.264 e. The van der Waals surface area contributed by atoms with Crippen molar-refractivity contribution in [1.82, 2.24) is 20.9 Å². The number of hydrazine groups is 1. The summed E-state index contributed by atoms with van der Waals surface area (Å²) in [6, 6.07) is 10.1. The van der Waals surface area contributed by atoms with Gasteiger partial charge in [-0.1, -0.05) is 23.4 Å². The van der Waals surface area contributed by atoms with Gasteiger partial charge in [0.25, 0.3) is 5.91 Å². The Bertz CT molecular complexity index is 753. The fourth-order valence-corrected chi connectivity index (χ4v) is 4.19. The van der Waals surface area contributed by atoms with Gasteiger partial charge in [-0.15, -0.1) is 0 Å². The number of rotatable bonds is 2. The molecule has 0 saturated carbocycles. The summed E-state index contributed by atoms with van der Waals surface area (Å²) >= 11 is 0. The summed E-state index contributed by atoms with van der Waals surface area (Å²) < 4.78 is 11.2. The number of nitrogens with one attached hydrogen (secondary N) is 2. The Morgan fingerprint density at radius 3 is 3.00 bits per heavy atom. The number of aromatic nitrogens is 1. The Hall–Kier alpha value is -2.38. The Morgan fingerprint density at radius 1 is 1.24 bits per heavy atom. The largest absolute Gasteiger partial charge is 0.480 e. The first-order valence-corrected chi connectivity index (χ1v) is 8.74. The third-order valence-corrected chi connectivity index (χ3v) is 5.51. The van der Waals surface area contributed by atoms with E-state index in [4.69, 9.17) is 9.26 Å². The fourth-order valence-electron chi connectivity index (χ4n) is 4.19. The van der Waals surface area contributed by atoms with Gasteiger partial charge in [0, 0.05) is 37.5 Å². The van der Waals surface area contributed by atoms with Crippen molar-refractivity contribution >= 4 is 5.91 Å². The summed E-state index contributed by atoms with van der Waals surface area (Å²) in [6.07, 6.45) is 2.81. The number of ether oxygens (including phenoxy) is 1. The Kier molecular flexibility index (Phi) is 3.50. The van der Waals surface area contributed by atoms with Crippen LogP contribution in [0, 0.1) is 5.92 Å². The van der Waals surface area contributed by atoms with E-state index in [9.17, 15) is 4.79 Å². The van der Waals surface area contributed by atoms with E-state index in [0.29, 0.717) is 19.0 Å². The average Bonchev–Trinajstić information content (AvgIpc) is 3.37. The van der Waals surface area contributed by atoms with Crippen LogP contribution >= 0.6 is 0 Å². The van der Waals surface area contributed by atoms with Crippen molar-refractivity contribution in [2.45, 2.75) is 31.0 Å². The molecule has 1 aromatic carbocycles. The molecule has 4 atom stereocenters. The number of amides is 1. The third-order valence-electron chi connectivity index (χ3n) is 5.51. The van der Waals surface area contributed by atoms with Gasteiger partial charge in [-0.3, -0.25) is 10.2 Å². The molecule has 2 aromatic rings. The van der Waals surface area contributed by atoms with E-state index < -0.39 is 6.10 Å². The van der Waals surface area contributed by atoms with Crippen molar-refractivity contribution in [3.8, 4) is 5.75 Å². The van der Waals surface area contributed by atoms with E-state index in [1.165, 1.54) is 0 Å². The molecule has 4 heterocycles. The van der Waals surface area contributed by atoms with Crippen LogP contribution in [0.4, 0.5) is 0 Å². The van der Waals surface area contributed by atoms with Gasteiger partial charge in [-0.05, 0) is 18.1 Å². The molecule has 2 N–H and O–H groups in total. The van der Waals surface area contributed by atoms with E-state index in [2.05, 4.69) is 16.0 Å². The number of para-hydroxylation sites is 1. The zero-order valence-corrected chi connectivity index (χ0v) is 13.7. The number of fused-ring (bicyclic) bond motifs is 2. The summed E-state index contributed by atoms with van der Waals surface area (Å²) in [5.74, 6) is 1.98. The molecule has 2 saturated heterocycles. The molecular weight excluding hydrogens is 320 g/mol. The van der Waals surface area contributed by atoms with Crippen molar-refractivity contribution in [1.29, 1.82) is 0 Å². The Morgan fingerprint density at radius 2 is 2.16 bits per heavy atom. The quantitative estimate of drug-likeness (QED) is 0.851. The van der Waals surface area contributed by atoms with Crippen molar-refractivity contribution < 1.29 is 14.1 Å². The second kappa shape index (κ2) is 5.86. The standard InChI is InChI=1S/C18H20N4O3/c23-18(16-9-11-3-1-2-4-14(11)24-16)22-8-6-13-12(10-22)17(21-20-13)15-5-7-19-25-15/h1-5,7,12-13,16-17,20-21H,6,8-10H2. The highest BCUT2D eigenvalue weighted by Crippen LogP contribution is 2.35. The van der Waals surface area contributed by atoms with Gasteiger partial charge in [0.2, 0.25) is 0 Å². The first-order valence-electron chi connectivity index (χ1n) is 8.74. The summed E-state index contributed by atoms with van der Waals surface area (Å²) in [6.45, 7) is 1.43. The lowest BCUT2D eigenvalue weighted by molar-refractivity contribution is -0.140. The average molecular weight is 340 g/mol. The van der Waals surface area contributed by atoms with Gasteiger partial charge in [0.15, 0.2) is 11.9 Å². The zero-order valence-electron chi connectivity index (χ0n) is 13.7. The monoisotopic (exact) mass is 340 g/mol. The van der Waals surface area contributed by atoms with Crippen LogP contribution in [-0.2, 0) is 11.2 Å². The second-order valence-electron chi connectivity index (χ2n) is 6.94. The SMILES string of the molecule is O=C(C1Cc2ccccc2O1)N1CCC2NNC(c3ccno3)C2C1. The molecule has 4 unspecified atom stereocenters. The van der Waals surface area contributed by atoms with Crippen LogP contribution < -0.4 is 15.6 Å². The second-order valence-corrected chi connectivity index (χ2v) is 6.94. The van der Waals surface area contributed by atoms with E-state index in [1.54, 1.807) is 6.20 Å². The molecule has 0 bridgehead atoms. The van der Waals surface area contributed by atoms with E-state index in [-0.39, 0.29) is 17.9 Å². The van der Waals surface area contributed by atoms with Gasteiger partial charge in [0.05, 0.1) is 12.2 Å². The van der Waals surface area contributed by atoms with Gasteiger partial charge >= 0.3 is 0 Å². The molecule has 3 aliphatic heterocycles. The molecule has 1 amide bonds. The van der Waals surface area contributed by atoms with Crippen LogP contribution in [-0.4, -0.2) is 41.2 Å². The molecule has 7 heteroatoms. The Labute approximate surface area is 145 Å². The molecule has 1 aromatic heterocycles. The highest BCUT2D eigenvalue weighted by Gasteiger charge is 2.44. The number of likely N-dealkylation sites (tertiary alicyclic amines) is 1. The highest BCUT2D eigenvalue weighted by molar-refractivity contribution is 5.82. The Balaban J connectivity index is 1.30. The summed E-state index contributed by atoms with van der Waals surface area (Å²) in [5.41, 5.74) is 7.73. The number of nitrogens with zero attached hydrogens (tertiary/aromatic N) is 2. The molecule has 0 aliphatic carbocycles. The lowest BCUT2D eigenvalue weighted by Crippen LogP contribution is -2.51. The predicted octanol–water partition coefficient (Wildman–Crippen LogP) is 1.04. The normalized spacial score (nSPS) is 30.6. The van der Waals surface area contributed by atoms with Crippen LogP contribution in [0.2, 0.25) is 0 Å². The van der Waals surface area contributed by atoms with Crippen LogP contribution in [0.3, 0.4) is 0 Å². The van der Waals surface area contributed by atoms with Gasteiger partial charge in [-0.25, -0.2) is 5.43 Å². The molecular formula is C18H20N4O3. The number of carbonyl (C=O) groups is 1. The van der Waals surface area contributed by atoms with Crippen molar-refractivity contribution in [3.05, 3.63) is 47.9 Å². The van der Waals surface area contributed by atoms with Crippen LogP contribution in [0.5, 0.6) is 5.75 Å². The van der Waals surface area contributed by atoms with Crippen LogP contribution in [0.1, 0.15) is 23.8 Å². The highest BCUT2D eigenvalue weighted by atomic mass is 16.5. The molecule has 5 rings (SSSR count). The maximum atomic E-state index is 13.0. The molecule has 7 nitrogen and oxygen atoms in total. The van der Waals surface area contributed by atoms with E-state index in [1.807, 2.05) is 35.2 Å². The van der Waals surface area contributed by atoms with Crippen LogP contribution in [0.15, 0.2) is 41.1 Å². The number of benzene rings is 1. The zero-order chi connectivity index (χ0) is 16.8. The van der Waals surface area contributed by atoms with Crippen molar-refractivity contribution in [2.75, 3.05) is 13.1 Å². The van der Waals surface area contributed by atoms with Crippen molar-refractivity contribution in [3.63, 3.8) is 0 Å². The summed E-state index contributed by atoms with van der Waals surface area (Å²) in [7, 11) is 0. The summed E-state index contributed by atoms with van der Waals surface area (Å²) in [5, 5.41) is 3.80. The summed E-state index contributed by atoms with van der Waals surface area (Å²) in [4.78, 5) is 14.9. The fraction of sp³-hybridized carbons (Fsp3) is 0.444. The van der Waals surface area contributed by atoms with E-state index in [0.717, 1.165) is 30.0 Å². The lowest BCUT2D eigenvalue weighted by Gasteiger charge is -2.36.